The van der Waals surface area contributed by atoms with Crippen molar-refractivity contribution in [3.8, 4) is 0 Å². The minimum Gasteiger partial charge on any atom is -0.338 e. The van der Waals surface area contributed by atoms with Crippen LogP contribution in [0.1, 0.15) is 21.7 Å². The van der Waals surface area contributed by atoms with E-state index in [0.717, 1.165) is 0 Å². The third-order valence-electron chi connectivity index (χ3n) is 2.73. The highest BCUT2D eigenvalue weighted by Crippen LogP contribution is 2.14. The second-order valence-electron chi connectivity index (χ2n) is 3.99. The maximum absolute atomic E-state index is 13.7. The number of ketones is 1. The van der Waals surface area contributed by atoms with Crippen LogP contribution < -0.4 is 0 Å². The van der Waals surface area contributed by atoms with Crippen molar-refractivity contribution in [1.82, 2.24) is 9.55 Å². The van der Waals surface area contributed by atoms with E-state index in [1.54, 1.807) is 36.0 Å². The fourth-order valence-electron chi connectivity index (χ4n) is 1.67. The molecule has 0 N–H and O–H groups in total. The van der Waals surface area contributed by atoms with Crippen LogP contribution in [-0.4, -0.2) is 15.3 Å². The number of benzene rings is 1. The summed E-state index contributed by atoms with van der Waals surface area (Å²) in [6, 6.07) is 4.84. The van der Waals surface area contributed by atoms with E-state index in [-0.39, 0.29) is 17.8 Å². The average molecular weight is 232 g/mol. The Balaban J connectivity index is 2.27. The normalized spacial score (nSPS) is 10.5. The summed E-state index contributed by atoms with van der Waals surface area (Å²) in [5.74, 6) is -0.0527. The molecule has 0 spiro atoms. The first-order valence-electron chi connectivity index (χ1n) is 5.34. The first-order valence-corrected chi connectivity index (χ1v) is 5.34. The Hall–Kier alpha value is -1.97. The van der Waals surface area contributed by atoms with Crippen LogP contribution in [0, 0.1) is 12.7 Å². The van der Waals surface area contributed by atoms with Gasteiger partial charge in [0, 0.05) is 19.4 Å². The van der Waals surface area contributed by atoms with Crippen LogP contribution >= 0.6 is 0 Å². The fraction of sp³-hybridized carbons (Fsp3) is 0.231. The summed E-state index contributed by atoms with van der Waals surface area (Å²) < 4.78 is 15.5. The minimum absolute atomic E-state index is 0.115. The standard InChI is InChI=1S/C13H13FN2O/c1-9-4-3-5-10(13(9)14)11(17)8-12-15-6-7-16(12)2/h3-7H,8H2,1-2H3. The highest BCUT2D eigenvalue weighted by Gasteiger charge is 2.15. The molecule has 0 unspecified atom stereocenters. The Morgan fingerprint density at radius 3 is 2.88 bits per heavy atom. The average Bonchev–Trinajstić information content (AvgIpc) is 2.68. The Morgan fingerprint density at radius 2 is 2.24 bits per heavy atom. The molecule has 1 aromatic carbocycles. The van der Waals surface area contributed by atoms with Gasteiger partial charge in [-0.05, 0) is 18.6 Å². The number of carbonyl (C=O) groups is 1. The molecule has 0 radical (unpaired) electrons. The zero-order valence-electron chi connectivity index (χ0n) is 9.77. The van der Waals surface area contributed by atoms with Crippen molar-refractivity contribution < 1.29 is 9.18 Å². The lowest BCUT2D eigenvalue weighted by molar-refractivity contribution is 0.0986. The SMILES string of the molecule is Cc1cccc(C(=O)Cc2nccn2C)c1F. The maximum atomic E-state index is 13.7. The highest BCUT2D eigenvalue weighted by molar-refractivity contribution is 5.97. The number of rotatable bonds is 3. The molecule has 0 atom stereocenters. The van der Waals surface area contributed by atoms with E-state index in [1.165, 1.54) is 6.07 Å². The van der Waals surface area contributed by atoms with Crippen LogP contribution in [0.5, 0.6) is 0 Å². The van der Waals surface area contributed by atoms with E-state index >= 15 is 0 Å². The van der Waals surface area contributed by atoms with Crippen LogP contribution in [0.3, 0.4) is 0 Å². The molecular formula is C13H13FN2O. The molecule has 3 nitrogen and oxygen atoms in total. The van der Waals surface area contributed by atoms with Gasteiger partial charge in [-0.15, -0.1) is 0 Å². The molecule has 0 bridgehead atoms. The molecule has 0 fully saturated rings. The summed E-state index contributed by atoms with van der Waals surface area (Å²) in [6.07, 6.45) is 3.49. The van der Waals surface area contributed by atoms with Crippen LogP contribution in [0.15, 0.2) is 30.6 Å². The Morgan fingerprint density at radius 1 is 1.47 bits per heavy atom. The molecule has 1 heterocycles. The quantitative estimate of drug-likeness (QED) is 0.761. The van der Waals surface area contributed by atoms with Crippen molar-refractivity contribution in [2.75, 3.05) is 0 Å². The van der Waals surface area contributed by atoms with Gasteiger partial charge in [0.25, 0.3) is 0 Å². The fourth-order valence-corrected chi connectivity index (χ4v) is 1.67. The number of halogens is 1. The minimum atomic E-state index is -0.438. The molecule has 0 aliphatic heterocycles. The number of Topliss-reactive ketones (excluding diaryl/α,β-unsaturated/α-hetero) is 1. The van der Waals surface area contributed by atoms with Gasteiger partial charge in [-0.1, -0.05) is 12.1 Å². The van der Waals surface area contributed by atoms with Crippen LogP contribution in [0.25, 0.3) is 0 Å². The van der Waals surface area contributed by atoms with Crippen molar-refractivity contribution in [2.24, 2.45) is 7.05 Å². The molecule has 4 heteroatoms. The summed E-state index contributed by atoms with van der Waals surface area (Å²) in [5, 5.41) is 0. The van der Waals surface area contributed by atoms with Gasteiger partial charge in [0.15, 0.2) is 5.78 Å². The monoisotopic (exact) mass is 232 g/mol. The highest BCUT2D eigenvalue weighted by atomic mass is 19.1. The number of hydrogen-bond acceptors (Lipinski definition) is 2. The van der Waals surface area contributed by atoms with Gasteiger partial charge in [-0.2, -0.15) is 0 Å². The molecule has 17 heavy (non-hydrogen) atoms. The molecule has 1 aromatic heterocycles. The number of aromatic nitrogens is 2. The predicted molar refractivity (Wildman–Crippen MR) is 62.4 cm³/mol. The van der Waals surface area contributed by atoms with Crippen molar-refractivity contribution in [3.63, 3.8) is 0 Å². The molecule has 2 rings (SSSR count). The Bertz CT molecular complexity index is 560. The first-order chi connectivity index (χ1) is 8.09. The Labute approximate surface area is 98.9 Å². The van der Waals surface area contributed by atoms with E-state index in [2.05, 4.69) is 4.98 Å². The second kappa shape index (κ2) is 4.49. The largest absolute Gasteiger partial charge is 0.338 e. The third kappa shape index (κ3) is 2.25. The number of aryl methyl sites for hydroxylation is 2. The lowest BCUT2D eigenvalue weighted by Crippen LogP contribution is -2.10. The zero-order chi connectivity index (χ0) is 12.4. The van der Waals surface area contributed by atoms with Gasteiger partial charge in [0.1, 0.15) is 11.6 Å². The molecule has 0 saturated heterocycles. The number of imidazole rings is 1. The number of carbonyl (C=O) groups excluding carboxylic acids is 1. The van der Waals surface area contributed by atoms with Gasteiger partial charge >= 0.3 is 0 Å². The van der Waals surface area contributed by atoms with Crippen LogP contribution in [0.2, 0.25) is 0 Å². The van der Waals surface area contributed by atoms with Gasteiger partial charge in [-0.3, -0.25) is 4.79 Å². The summed E-state index contributed by atoms with van der Waals surface area (Å²) >= 11 is 0. The molecule has 0 amide bonds. The maximum Gasteiger partial charge on any atom is 0.173 e. The van der Waals surface area contributed by atoms with Crippen molar-refractivity contribution in [3.05, 3.63) is 53.4 Å². The van der Waals surface area contributed by atoms with E-state index in [9.17, 15) is 9.18 Å². The zero-order valence-corrected chi connectivity index (χ0v) is 9.77. The van der Waals surface area contributed by atoms with Gasteiger partial charge < -0.3 is 4.57 Å². The number of hydrogen-bond donors (Lipinski definition) is 0. The smallest absolute Gasteiger partial charge is 0.173 e. The Kier molecular flexibility index (Phi) is 3.04. The number of nitrogens with zero attached hydrogens (tertiary/aromatic N) is 2. The van der Waals surface area contributed by atoms with E-state index in [1.807, 2.05) is 7.05 Å². The lowest BCUT2D eigenvalue weighted by Gasteiger charge is -2.04. The van der Waals surface area contributed by atoms with Gasteiger partial charge in [0.05, 0.1) is 12.0 Å². The molecule has 2 aromatic rings. The van der Waals surface area contributed by atoms with Crippen molar-refractivity contribution in [2.45, 2.75) is 13.3 Å². The van der Waals surface area contributed by atoms with Gasteiger partial charge in [0.2, 0.25) is 0 Å². The van der Waals surface area contributed by atoms with E-state index in [4.69, 9.17) is 0 Å². The molecule has 0 aliphatic rings. The topological polar surface area (TPSA) is 34.9 Å². The van der Waals surface area contributed by atoms with Crippen LogP contribution in [0.4, 0.5) is 4.39 Å². The summed E-state index contributed by atoms with van der Waals surface area (Å²) in [5.41, 5.74) is 0.615. The molecular weight excluding hydrogens is 219 g/mol. The second-order valence-corrected chi connectivity index (χ2v) is 3.99. The van der Waals surface area contributed by atoms with Crippen molar-refractivity contribution in [1.29, 1.82) is 0 Å². The molecule has 0 aliphatic carbocycles. The van der Waals surface area contributed by atoms with Crippen LogP contribution in [-0.2, 0) is 13.5 Å². The van der Waals surface area contributed by atoms with E-state index < -0.39 is 5.82 Å². The lowest BCUT2D eigenvalue weighted by atomic mass is 10.0. The summed E-state index contributed by atoms with van der Waals surface area (Å²) in [4.78, 5) is 16.0. The summed E-state index contributed by atoms with van der Waals surface area (Å²) in [7, 11) is 1.81. The molecule has 0 saturated carbocycles. The molecule has 88 valence electrons. The predicted octanol–water partition coefficient (Wildman–Crippen LogP) is 2.29. The van der Waals surface area contributed by atoms with Gasteiger partial charge in [-0.25, -0.2) is 9.37 Å². The van der Waals surface area contributed by atoms with Crippen molar-refractivity contribution >= 4 is 5.78 Å². The summed E-state index contributed by atoms with van der Waals surface area (Å²) in [6.45, 7) is 1.65. The first kappa shape index (κ1) is 11.5. The van der Waals surface area contributed by atoms with E-state index in [0.29, 0.717) is 11.4 Å². The third-order valence-corrected chi connectivity index (χ3v) is 2.73.